The topological polar surface area (TPSA) is 59.6 Å². The molecule has 0 aromatic carbocycles. The van der Waals surface area contributed by atoms with Crippen molar-refractivity contribution in [2.45, 2.75) is 19.9 Å². The first-order valence-electron chi connectivity index (χ1n) is 5.58. The van der Waals surface area contributed by atoms with Gasteiger partial charge >= 0.3 is 0 Å². The van der Waals surface area contributed by atoms with Crippen LogP contribution >= 0.6 is 0 Å². The van der Waals surface area contributed by atoms with Gasteiger partial charge in [-0.15, -0.1) is 0 Å². The first-order chi connectivity index (χ1) is 7.60. The van der Waals surface area contributed by atoms with Crippen molar-refractivity contribution in [3.8, 4) is 0 Å². The first kappa shape index (κ1) is 15.3. The van der Waals surface area contributed by atoms with Crippen LogP contribution in [-0.2, 0) is 14.3 Å². The molecule has 0 saturated carbocycles. The van der Waals surface area contributed by atoms with Crippen molar-refractivity contribution in [1.29, 1.82) is 0 Å². The highest BCUT2D eigenvalue weighted by Crippen LogP contribution is 1.91. The summed E-state index contributed by atoms with van der Waals surface area (Å²) in [5, 5.41) is 5.91. The van der Waals surface area contributed by atoms with E-state index in [4.69, 9.17) is 9.47 Å². The molecule has 0 aliphatic rings. The van der Waals surface area contributed by atoms with Gasteiger partial charge in [-0.3, -0.25) is 4.79 Å². The summed E-state index contributed by atoms with van der Waals surface area (Å²) in [5.74, 6) is 0.406. The van der Waals surface area contributed by atoms with Gasteiger partial charge in [0.05, 0.1) is 13.2 Å². The quantitative estimate of drug-likeness (QED) is 0.588. The van der Waals surface area contributed by atoms with Gasteiger partial charge in [0.1, 0.15) is 0 Å². The van der Waals surface area contributed by atoms with Crippen LogP contribution in [-0.4, -0.2) is 52.5 Å². The van der Waals surface area contributed by atoms with Crippen molar-refractivity contribution >= 4 is 5.91 Å². The largest absolute Gasteiger partial charge is 0.384 e. The summed E-state index contributed by atoms with van der Waals surface area (Å²) < 4.78 is 9.93. The number of ether oxygens (including phenoxy) is 2. The average molecular weight is 232 g/mol. The summed E-state index contributed by atoms with van der Waals surface area (Å²) in [6.45, 7) is 6.33. The summed E-state index contributed by atoms with van der Waals surface area (Å²) >= 11 is 0. The molecule has 0 aromatic heterocycles. The summed E-state index contributed by atoms with van der Waals surface area (Å²) in [6.07, 6.45) is 0. The molecule has 96 valence electrons. The molecule has 0 bridgehead atoms. The molecule has 2 unspecified atom stereocenters. The molecule has 1 amide bonds. The Balaban J connectivity index is 3.50. The van der Waals surface area contributed by atoms with Crippen LogP contribution in [0.5, 0.6) is 0 Å². The number of amides is 1. The minimum Gasteiger partial charge on any atom is -0.384 e. The van der Waals surface area contributed by atoms with Gasteiger partial charge in [0.25, 0.3) is 0 Å². The lowest BCUT2D eigenvalue weighted by atomic mass is 10.2. The van der Waals surface area contributed by atoms with Gasteiger partial charge in [-0.1, -0.05) is 6.92 Å². The number of rotatable bonds is 9. The molecule has 0 heterocycles. The Morgan fingerprint density at radius 3 is 2.38 bits per heavy atom. The molecule has 2 atom stereocenters. The lowest BCUT2D eigenvalue weighted by Crippen LogP contribution is -2.42. The summed E-state index contributed by atoms with van der Waals surface area (Å²) in [4.78, 5) is 11.4. The minimum absolute atomic E-state index is 0.00540. The second-order valence-electron chi connectivity index (χ2n) is 4.12. The van der Waals surface area contributed by atoms with Gasteiger partial charge in [0, 0.05) is 33.4 Å². The predicted molar refractivity (Wildman–Crippen MR) is 63.4 cm³/mol. The zero-order valence-corrected chi connectivity index (χ0v) is 10.7. The van der Waals surface area contributed by atoms with Crippen LogP contribution in [0.3, 0.4) is 0 Å². The zero-order chi connectivity index (χ0) is 12.4. The second kappa shape index (κ2) is 9.57. The van der Waals surface area contributed by atoms with E-state index < -0.39 is 0 Å². The fraction of sp³-hybridized carbons (Fsp3) is 0.909. The fourth-order valence-electron chi connectivity index (χ4n) is 1.39. The van der Waals surface area contributed by atoms with Crippen molar-refractivity contribution < 1.29 is 14.3 Å². The van der Waals surface area contributed by atoms with E-state index >= 15 is 0 Å². The number of carbonyl (C=O) groups excluding carboxylic acids is 1. The zero-order valence-electron chi connectivity index (χ0n) is 10.7. The molecule has 0 aliphatic heterocycles. The maximum absolute atomic E-state index is 11.4. The average Bonchev–Trinajstić information content (AvgIpc) is 2.18. The van der Waals surface area contributed by atoms with E-state index in [1.54, 1.807) is 14.2 Å². The highest BCUT2D eigenvalue weighted by Gasteiger charge is 2.07. The lowest BCUT2D eigenvalue weighted by Gasteiger charge is -2.14. The van der Waals surface area contributed by atoms with Crippen molar-refractivity contribution in [1.82, 2.24) is 10.6 Å². The highest BCUT2D eigenvalue weighted by molar-refractivity contribution is 5.78. The standard InChI is InChI=1S/C11H24N2O3/c1-9(7-15-3)5-12-6-11(14)13-10(2)8-16-4/h9-10,12H,5-8H2,1-4H3,(H,13,14). The van der Waals surface area contributed by atoms with Gasteiger partial charge in [-0.2, -0.15) is 0 Å². The number of hydrogen-bond acceptors (Lipinski definition) is 4. The van der Waals surface area contributed by atoms with Gasteiger partial charge in [-0.25, -0.2) is 0 Å². The van der Waals surface area contributed by atoms with E-state index in [0.29, 0.717) is 25.7 Å². The maximum atomic E-state index is 11.4. The Bertz CT molecular complexity index is 188. The molecule has 0 fully saturated rings. The molecule has 5 heteroatoms. The van der Waals surface area contributed by atoms with E-state index in [1.807, 2.05) is 6.92 Å². The monoisotopic (exact) mass is 232 g/mol. The third-order valence-corrected chi connectivity index (χ3v) is 2.05. The molecule has 0 aromatic rings. The van der Waals surface area contributed by atoms with Crippen LogP contribution in [0.1, 0.15) is 13.8 Å². The van der Waals surface area contributed by atoms with E-state index in [2.05, 4.69) is 17.6 Å². The van der Waals surface area contributed by atoms with Gasteiger partial charge in [-0.05, 0) is 12.8 Å². The van der Waals surface area contributed by atoms with Gasteiger partial charge < -0.3 is 20.1 Å². The van der Waals surface area contributed by atoms with E-state index in [-0.39, 0.29) is 11.9 Å². The maximum Gasteiger partial charge on any atom is 0.234 e. The molecule has 0 aliphatic carbocycles. The lowest BCUT2D eigenvalue weighted by molar-refractivity contribution is -0.121. The van der Waals surface area contributed by atoms with Crippen LogP contribution in [0.2, 0.25) is 0 Å². The molecule has 0 rings (SSSR count). The van der Waals surface area contributed by atoms with Crippen molar-refractivity contribution in [3.63, 3.8) is 0 Å². The normalized spacial score (nSPS) is 14.5. The highest BCUT2D eigenvalue weighted by atomic mass is 16.5. The van der Waals surface area contributed by atoms with Crippen LogP contribution in [0.15, 0.2) is 0 Å². The molecular formula is C11H24N2O3. The fourth-order valence-corrected chi connectivity index (χ4v) is 1.39. The Morgan fingerprint density at radius 2 is 1.81 bits per heavy atom. The van der Waals surface area contributed by atoms with Crippen molar-refractivity contribution in [2.75, 3.05) is 40.5 Å². The van der Waals surface area contributed by atoms with Crippen molar-refractivity contribution in [3.05, 3.63) is 0 Å². The van der Waals surface area contributed by atoms with E-state index in [9.17, 15) is 4.79 Å². The van der Waals surface area contributed by atoms with E-state index in [1.165, 1.54) is 0 Å². The summed E-state index contributed by atoms with van der Waals surface area (Å²) in [7, 11) is 3.29. The third kappa shape index (κ3) is 8.64. The third-order valence-electron chi connectivity index (χ3n) is 2.05. The number of carbonyl (C=O) groups is 1. The Kier molecular flexibility index (Phi) is 9.18. The molecular weight excluding hydrogens is 208 g/mol. The van der Waals surface area contributed by atoms with Gasteiger partial charge in [0.15, 0.2) is 0 Å². The molecule has 0 radical (unpaired) electrons. The van der Waals surface area contributed by atoms with Crippen LogP contribution in [0, 0.1) is 5.92 Å². The predicted octanol–water partition coefficient (Wildman–Crippen LogP) is 0.00960. The minimum atomic E-state index is -0.00540. The van der Waals surface area contributed by atoms with E-state index in [0.717, 1.165) is 6.54 Å². The van der Waals surface area contributed by atoms with Crippen molar-refractivity contribution in [2.24, 2.45) is 5.92 Å². The first-order valence-corrected chi connectivity index (χ1v) is 5.58. The number of hydrogen-bond donors (Lipinski definition) is 2. The molecule has 5 nitrogen and oxygen atoms in total. The second-order valence-corrected chi connectivity index (χ2v) is 4.12. The Hall–Kier alpha value is -0.650. The summed E-state index contributed by atoms with van der Waals surface area (Å²) in [5.41, 5.74) is 0. The Morgan fingerprint density at radius 1 is 1.19 bits per heavy atom. The van der Waals surface area contributed by atoms with Crippen LogP contribution in [0.25, 0.3) is 0 Å². The molecule has 2 N–H and O–H groups in total. The summed E-state index contributed by atoms with van der Waals surface area (Å²) in [6, 6.07) is 0.0516. The molecule has 16 heavy (non-hydrogen) atoms. The Labute approximate surface area is 97.9 Å². The SMILES string of the molecule is COCC(C)CNCC(=O)NC(C)COC. The smallest absolute Gasteiger partial charge is 0.234 e. The van der Waals surface area contributed by atoms with Crippen LogP contribution < -0.4 is 10.6 Å². The number of methoxy groups -OCH3 is 2. The number of nitrogens with one attached hydrogen (secondary N) is 2. The van der Waals surface area contributed by atoms with Gasteiger partial charge in [0.2, 0.25) is 5.91 Å². The van der Waals surface area contributed by atoms with Crippen LogP contribution in [0.4, 0.5) is 0 Å². The molecule has 0 spiro atoms. The molecule has 0 saturated heterocycles.